The van der Waals surface area contributed by atoms with Crippen LogP contribution < -0.4 is 10.1 Å². The Balaban J connectivity index is 1.72. The van der Waals surface area contributed by atoms with Crippen molar-refractivity contribution in [2.24, 2.45) is 0 Å². The molecule has 0 fully saturated rings. The van der Waals surface area contributed by atoms with Crippen LogP contribution in [0.25, 0.3) is 0 Å². The van der Waals surface area contributed by atoms with Crippen LogP contribution in [0.15, 0.2) is 84.9 Å². The van der Waals surface area contributed by atoms with Gasteiger partial charge in [-0.1, -0.05) is 72.8 Å². The van der Waals surface area contributed by atoms with Gasteiger partial charge in [-0.2, -0.15) is 4.31 Å². The van der Waals surface area contributed by atoms with E-state index < -0.39 is 22.0 Å². The quantitative estimate of drug-likeness (QED) is 0.361. The summed E-state index contributed by atoms with van der Waals surface area (Å²) in [7, 11) is -2.08. The first-order valence-corrected chi connectivity index (χ1v) is 14.3. The van der Waals surface area contributed by atoms with Crippen molar-refractivity contribution in [2.45, 2.75) is 32.5 Å². The number of carbonyl (C=O) groups excluding carboxylic acids is 2. The average molecular weight is 538 g/mol. The molecule has 0 unspecified atom stereocenters. The Morgan fingerprint density at radius 3 is 1.92 bits per heavy atom. The molecule has 3 aromatic carbocycles. The molecule has 3 aromatic rings. The second-order valence-electron chi connectivity index (χ2n) is 9.09. The van der Waals surface area contributed by atoms with Crippen LogP contribution in [0, 0.1) is 0 Å². The number of hydrogen-bond acceptors (Lipinski definition) is 5. The van der Waals surface area contributed by atoms with Crippen LogP contribution in [0.5, 0.6) is 5.75 Å². The van der Waals surface area contributed by atoms with Crippen LogP contribution in [-0.4, -0.2) is 61.9 Å². The molecule has 0 heterocycles. The second-order valence-corrected chi connectivity index (χ2v) is 11.1. The van der Waals surface area contributed by atoms with Crippen molar-refractivity contribution in [2.75, 3.05) is 26.5 Å². The van der Waals surface area contributed by atoms with E-state index in [1.165, 1.54) is 4.90 Å². The molecule has 0 bridgehead atoms. The molecule has 3 rings (SSSR count). The highest BCUT2D eigenvalue weighted by Crippen LogP contribution is 2.14. The Kier molecular flexibility index (Phi) is 10.4. The van der Waals surface area contributed by atoms with Crippen LogP contribution in [0.4, 0.5) is 0 Å². The Morgan fingerprint density at radius 2 is 1.39 bits per heavy atom. The summed E-state index contributed by atoms with van der Waals surface area (Å²) in [6.45, 7) is 1.92. The zero-order chi connectivity index (χ0) is 27.5. The molecule has 0 aliphatic rings. The molecule has 8 nitrogen and oxygen atoms in total. The summed E-state index contributed by atoms with van der Waals surface area (Å²) >= 11 is 0. The molecule has 38 heavy (non-hydrogen) atoms. The highest BCUT2D eigenvalue weighted by Gasteiger charge is 2.29. The van der Waals surface area contributed by atoms with Gasteiger partial charge in [0, 0.05) is 19.6 Å². The largest absolute Gasteiger partial charge is 0.497 e. The number of nitrogens with zero attached hydrogens (tertiary/aromatic N) is 2. The minimum absolute atomic E-state index is 0.0625. The predicted molar refractivity (Wildman–Crippen MR) is 148 cm³/mol. The molecule has 0 aliphatic carbocycles. The van der Waals surface area contributed by atoms with Crippen LogP contribution in [0.2, 0.25) is 0 Å². The van der Waals surface area contributed by atoms with Gasteiger partial charge in [-0.15, -0.1) is 0 Å². The Bertz CT molecular complexity index is 1280. The molecule has 0 aliphatic heterocycles. The lowest BCUT2D eigenvalue weighted by Gasteiger charge is -2.31. The molecule has 0 spiro atoms. The van der Waals surface area contributed by atoms with Gasteiger partial charge in [-0.05, 0) is 42.2 Å². The van der Waals surface area contributed by atoms with E-state index >= 15 is 0 Å². The van der Waals surface area contributed by atoms with E-state index in [1.54, 1.807) is 14.0 Å². The fraction of sp³-hybridized carbons (Fsp3) is 0.310. The minimum atomic E-state index is -3.68. The maximum atomic E-state index is 13.5. The summed E-state index contributed by atoms with van der Waals surface area (Å²) in [5.74, 6) is 0.00153. The van der Waals surface area contributed by atoms with Crippen LogP contribution in [-0.2, 0) is 39.1 Å². The van der Waals surface area contributed by atoms with E-state index in [0.29, 0.717) is 13.0 Å². The molecule has 1 atom stereocenters. The van der Waals surface area contributed by atoms with Crippen molar-refractivity contribution in [3.63, 3.8) is 0 Å². The number of amides is 2. The number of hydrogen-bond donors (Lipinski definition) is 1. The monoisotopic (exact) mass is 537 g/mol. The van der Waals surface area contributed by atoms with E-state index in [1.807, 2.05) is 84.9 Å². The van der Waals surface area contributed by atoms with Gasteiger partial charge in [0.1, 0.15) is 11.8 Å². The fourth-order valence-corrected chi connectivity index (χ4v) is 4.68. The number of sulfonamides is 1. The summed E-state index contributed by atoms with van der Waals surface area (Å²) in [5, 5.41) is 2.91. The van der Waals surface area contributed by atoms with Gasteiger partial charge in [0.2, 0.25) is 21.8 Å². The number of rotatable bonds is 13. The van der Waals surface area contributed by atoms with E-state index in [0.717, 1.165) is 33.0 Å². The summed E-state index contributed by atoms with van der Waals surface area (Å²) < 4.78 is 31.4. The molecule has 9 heteroatoms. The number of ether oxygens (including phenoxy) is 1. The van der Waals surface area contributed by atoms with Crippen molar-refractivity contribution >= 4 is 21.8 Å². The van der Waals surface area contributed by atoms with Gasteiger partial charge in [0.05, 0.1) is 19.9 Å². The highest BCUT2D eigenvalue weighted by molar-refractivity contribution is 7.88. The van der Waals surface area contributed by atoms with Gasteiger partial charge in [0.15, 0.2) is 0 Å². The maximum Gasteiger partial charge on any atom is 0.242 e. The zero-order valence-electron chi connectivity index (χ0n) is 22.0. The maximum absolute atomic E-state index is 13.5. The lowest BCUT2D eigenvalue weighted by molar-refractivity contribution is -0.140. The topological polar surface area (TPSA) is 96.0 Å². The normalized spacial score (nSPS) is 12.1. The van der Waals surface area contributed by atoms with E-state index in [9.17, 15) is 18.0 Å². The standard InChI is InChI=1S/C29H35N3O5S/c1-23(29(34)30-19-18-24-14-16-27(37-2)17-15-24)32(21-26-12-8-5-9-13-26)28(33)22-31(38(3,35)36)20-25-10-6-4-7-11-25/h4-17,23H,18-22H2,1-3H3,(H,30,34)/t23-/m1/s1. The Hall–Kier alpha value is -3.69. The van der Waals surface area contributed by atoms with E-state index in [-0.39, 0.29) is 25.5 Å². The SMILES string of the molecule is COc1ccc(CCNC(=O)[C@@H](C)N(Cc2ccccc2)C(=O)CN(Cc2ccccc2)S(C)(=O)=O)cc1. The molecule has 0 radical (unpaired) electrons. The minimum Gasteiger partial charge on any atom is -0.497 e. The first-order chi connectivity index (χ1) is 18.2. The first kappa shape index (κ1) is 28.9. The van der Waals surface area contributed by atoms with Crippen molar-refractivity contribution in [3.8, 4) is 5.75 Å². The summed E-state index contributed by atoms with van der Waals surface area (Å²) in [6.07, 6.45) is 1.70. The number of nitrogens with one attached hydrogen (secondary N) is 1. The molecular formula is C29H35N3O5S. The van der Waals surface area contributed by atoms with Gasteiger partial charge >= 0.3 is 0 Å². The van der Waals surface area contributed by atoms with Crippen molar-refractivity contribution in [1.82, 2.24) is 14.5 Å². The third kappa shape index (κ3) is 8.71. The van der Waals surface area contributed by atoms with Crippen molar-refractivity contribution in [3.05, 3.63) is 102 Å². The van der Waals surface area contributed by atoms with E-state index in [4.69, 9.17) is 4.74 Å². The molecule has 0 aromatic heterocycles. The zero-order valence-corrected chi connectivity index (χ0v) is 22.9. The number of benzene rings is 3. The molecule has 202 valence electrons. The van der Waals surface area contributed by atoms with Crippen molar-refractivity contribution in [1.29, 1.82) is 0 Å². The fourth-order valence-electron chi connectivity index (χ4n) is 3.95. The van der Waals surface area contributed by atoms with Crippen LogP contribution in [0.1, 0.15) is 23.6 Å². The Labute approximate surface area is 225 Å². The predicted octanol–water partition coefficient (Wildman–Crippen LogP) is 3.23. The smallest absolute Gasteiger partial charge is 0.242 e. The molecule has 0 saturated carbocycles. The van der Waals surface area contributed by atoms with Gasteiger partial charge < -0.3 is 15.0 Å². The molecular weight excluding hydrogens is 502 g/mol. The van der Waals surface area contributed by atoms with Crippen LogP contribution in [0.3, 0.4) is 0 Å². The summed E-state index contributed by atoms with van der Waals surface area (Å²) in [5.41, 5.74) is 2.65. The molecule has 1 N–H and O–H groups in total. The Morgan fingerprint density at radius 1 is 0.842 bits per heavy atom. The van der Waals surface area contributed by atoms with Gasteiger partial charge in [-0.3, -0.25) is 9.59 Å². The third-order valence-electron chi connectivity index (χ3n) is 6.22. The second kappa shape index (κ2) is 13.7. The number of carbonyl (C=O) groups is 2. The molecule has 0 saturated heterocycles. The average Bonchev–Trinajstić information content (AvgIpc) is 2.92. The number of methoxy groups -OCH3 is 1. The lowest BCUT2D eigenvalue weighted by Crippen LogP contribution is -2.51. The van der Waals surface area contributed by atoms with E-state index in [2.05, 4.69) is 5.32 Å². The third-order valence-corrected chi connectivity index (χ3v) is 7.41. The lowest BCUT2D eigenvalue weighted by atomic mass is 10.1. The van der Waals surface area contributed by atoms with Gasteiger partial charge in [-0.25, -0.2) is 8.42 Å². The van der Waals surface area contributed by atoms with Gasteiger partial charge in [0.25, 0.3) is 0 Å². The van der Waals surface area contributed by atoms with Crippen LogP contribution >= 0.6 is 0 Å². The highest BCUT2D eigenvalue weighted by atomic mass is 32.2. The van der Waals surface area contributed by atoms with Crippen molar-refractivity contribution < 1.29 is 22.7 Å². The molecule has 2 amide bonds. The summed E-state index contributed by atoms with van der Waals surface area (Å²) in [6, 6.07) is 25.2. The summed E-state index contributed by atoms with van der Waals surface area (Å²) in [4.78, 5) is 28.0. The first-order valence-electron chi connectivity index (χ1n) is 12.4.